The van der Waals surface area contributed by atoms with Gasteiger partial charge in [-0.3, -0.25) is 9.59 Å². The Morgan fingerprint density at radius 2 is 1.94 bits per heavy atom. The minimum atomic E-state index is -0.578. The molecule has 1 saturated carbocycles. The third-order valence-corrected chi connectivity index (χ3v) is 2.88. The third kappa shape index (κ3) is 2.13. The van der Waals surface area contributed by atoms with Gasteiger partial charge in [-0.1, -0.05) is 30.3 Å². The van der Waals surface area contributed by atoms with Crippen molar-refractivity contribution in [2.24, 2.45) is 5.41 Å². The van der Waals surface area contributed by atoms with E-state index in [0.717, 1.165) is 5.56 Å². The van der Waals surface area contributed by atoms with Crippen molar-refractivity contribution in [2.45, 2.75) is 26.4 Å². The van der Waals surface area contributed by atoms with E-state index in [2.05, 4.69) is 0 Å². The quantitative estimate of drug-likeness (QED) is 0.730. The Bertz CT molecular complexity index is 400. The molecule has 0 heterocycles. The molecule has 1 aliphatic carbocycles. The fraction of sp³-hybridized carbons (Fsp3) is 0.385. The molecule has 84 valence electrons. The lowest BCUT2D eigenvalue weighted by molar-refractivity contribution is -0.165. The van der Waals surface area contributed by atoms with Crippen LogP contribution in [0, 0.1) is 5.41 Å². The second-order valence-corrected chi connectivity index (χ2v) is 4.51. The van der Waals surface area contributed by atoms with E-state index < -0.39 is 5.41 Å². The average Bonchev–Trinajstić information content (AvgIpc) is 2.25. The van der Waals surface area contributed by atoms with Gasteiger partial charge in [0.2, 0.25) is 0 Å². The molecule has 16 heavy (non-hydrogen) atoms. The monoisotopic (exact) mass is 218 g/mol. The normalized spacial score (nSPS) is 17.7. The smallest absolute Gasteiger partial charge is 0.313 e. The van der Waals surface area contributed by atoms with Crippen LogP contribution in [0.25, 0.3) is 0 Å². The highest BCUT2D eigenvalue weighted by Crippen LogP contribution is 2.38. The molecule has 0 bridgehead atoms. The van der Waals surface area contributed by atoms with E-state index in [1.807, 2.05) is 30.3 Å². The average molecular weight is 218 g/mol. The highest BCUT2D eigenvalue weighted by Gasteiger charge is 2.46. The summed E-state index contributed by atoms with van der Waals surface area (Å²) in [5.74, 6) is -0.130. The number of carbonyl (C=O) groups excluding carboxylic acids is 2. The molecule has 1 aromatic carbocycles. The topological polar surface area (TPSA) is 43.4 Å². The fourth-order valence-electron chi connectivity index (χ4n) is 1.86. The molecule has 0 N–H and O–H groups in total. The lowest BCUT2D eigenvalue weighted by atomic mass is 9.69. The minimum Gasteiger partial charge on any atom is -0.460 e. The second kappa shape index (κ2) is 4.08. The molecule has 0 atom stereocenters. The van der Waals surface area contributed by atoms with E-state index in [1.54, 1.807) is 6.92 Å². The number of benzene rings is 1. The molecule has 0 amide bonds. The van der Waals surface area contributed by atoms with E-state index >= 15 is 0 Å². The van der Waals surface area contributed by atoms with Gasteiger partial charge in [0.15, 0.2) is 0 Å². The molecule has 0 aromatic heterocycles. The first-order valence-electron chi connectivity index (χ1n) is 5.33. The van der Waals surface area contributed by atoms with Gasteiger partial charge in [-0.2, -0.15) is 0 Å². The molecular weight excluding hydrogens is 204 g/mol. The Balaban J connectivity index is 1.87. The summed E-state index contributed by atoms with van der Waals surface area (Å²) in [7, 11) is 0. The van der Waals surface area contributed by atoms with Crippen LogP contribution in [0.2, 0.25) is 0 Å². The summed E-state index contributed by atoms with van der Waals surface area (Å²) >= 11 is 0. The van der Waals surface area contributed by atoms with E-state index in [4.69, 9.17) is 4.74 Å². The van der Waals surface area contributed by atoms with Gasteiger partial charge in [-0.05, 0) is 12.5 Å². The zero-order valence-corrected chi connectivity index (χ0v) is 9.23. The summed E-state index contributed by atoms with van der Waals surface area (Å²) in [6, 6.07) is 9.52. The first-order chi connectivity index (χ1) is 7.60. The van der Waals surface area contributed by atoms with Crippen LogP contribution >= 0.6 is 0 Å². The van der Waals surface area contributed by atoms with Gasteiger partial charge < -0.3 is 4.74 Å². The Labute approximate surface area is 94.4 Å². The number of ether oxygens (including phenoxy) is 1. The molecule has 0 spiro atoms. The van der Waals surface area contributed by atoms with Crippen LogP contribution in [0.4, 0.5) is 0 Å². The van der Waals surface area contributed by atoms with Gasteiger partial charge in [0.25, 0.3) is 0 Å². The maximum absolute atomic E-state index is 11.7. The number of hydrogen-bond acceptors (Lipinski definition) is 3. The maximum Gasteiger partial charge on any atom is 0.313 e. The van der Waals surface area contributed by atoms with Crippen molar-refractivity contribution in [3.8, 4) is 0 Å². The first-order valence-corrected chi connectivity index (χ1v) is 5.33. The predicted octanol–water partition coefficient (Wildman–Crippen LogP) is 2.10. The summed E-state index contributed by atoms with van der Waals surface area (Å²) in [6.07, 6.45) is 0.640. The Kier molecular flexibility index (Phi) is 2.77. The highest BCUT2D eigenvalue weighted by molar-refractivity contribution is 5.97. The molecule has 2 rings (SSSR count). The lowest BCUT2D eigenvalue weighted by Crippen LogP contribution is -2.42. The van der Waals surface area contributed by atoms with Crippen molar-refractivity contribution in [3.05, 3.63) is 35.9 Å². The third-order valence-electron chi connectivity index (χ3n) is 2.88. The van der Waals surface area contributed by atoms with Crippen molar-refractivity contribution >= 4 is 11.8 Å². The van der Waals surface area contributed by atoms with E-state index in [1.165, 1.54) is 0 Å². The number of Topliss-reactive ketones (excluding diaryl/α,β-unsaturated/α-hetero) is 1. The Hall–Kier alpha value is -1.64. The van der Waals surface area contributed by atoms with Crippen LogP contribution in [0.1, 0.15) is 25.3 Å². The van der Waals surface area contributed by atoms with Crippen LogP contribution in [0.15, 0.2) is 30.3 Å². The van der Waals surface area contributed by atoms with E-state index in [-0.39, 0.29) is 18.4 Å². The van der Waals surface area contributed by atoms with E-state index in [9.17, 15) is 9.59 Å². The van der Waals surface area contributed by atoms with Crippen molar-refractivity contribution in [3.63, 3.8) is 0 Å². The Morgan fingerprint density at radius 1 is 1.31 bits per heavy atom. The van der Waals surface area contributed by atoms with Crippen molar-refractivity contribution < 1.29 is 14.3 Å². The molecule has 1 fully saturated rings. The molecule has 1 aliphatic rings. The van der Waals surface area contributed by atoms with Gasteiger partial charge in [-0.25, -0.2) is 0 Å². The summed E-state index contributed by atoms with van der Waals surface area (Å²) in [6.45, 7) is 2.06. The van der Waals surface area contributed by atoms with Gasteiger partial charge in [0.05, 0.1) is 5.41 Å². The summed E-state index contributed by atoms with van der Waals surface area (Å²) in [4.78, 5) is 22.6. The molecule has 0 aliphatic heterocycles. The standard InChI is InChI=1S/C13H14O3/c1-13(7-11(14)8-13)12(15)16-9-10-5-3-2-4-6-10/h2-6H,7-9H2,1H3. The second-order valence-electron chi connectivity index (χ2n) is 4.51. The largest absolute Gasteiger partial charge is 0.460 e. The number of ketones is 1. The van der Waals surface area contributed by atoms with Crippen LogP contribution in [-0.4, -0.2) is 11.8 Å². The zero-order valence-electron chi connectivity index (χ0n) is 9.23. The molecule has 3 heteroatoms. The van der Waals surface area contributed by atoms with Crippen molar-refractivity contribution in [1.82, 2.24) is 0 Å². The fourth-order valence-corrected chi connectivity index (χ4v) is 1.86. The van der Waals surface area contributed by atoms with Crippen molar-refractivity contribution in [2.75, 3.05) is 0 Å². The number of carbonyl (C=O) groups is 2. The maximum atomic E-state index is 11.7. The predicted molar refractivity (Wildman–Crippen MR) is 58.6 cm³/mol. The molecule has 0 saturated heterocycles. The number of hydrogen-bond donors (Lipinski definition) is 0. The number of rotatable bonds is 3. The molecule has 1 aromatic rings. The summed E-state index contributed by atoms with van der Waals surface area (Å²) in [5, 5.41) is 0. The first kappa shape index (κ1) is 10.9. The van der Waals surface area contributed by atoms with Gasteiger partial charge in [-0.15, -0.1) is 0 Å². The van der Waals surface area contributed by atoms with Gasteiger partial charge in [0, 0.05) is 12.8 Å². The van der Waals surface area contributed by atoms with Crippen LogP contribution < -0.4 is 0 Å². The van der Waals surface area contributed by atoms with Gasteiger partial charge >= 0.3 is 5.97 Å². The molecule has 0 radical (unpaired) electrons. The summed E-state index contributed by atoms with van der Waals surface area (Å²) < 4.78 is 5.19. The van der Waals surface area contributed by atoms with Gasteiger partial charge in [0.1, 0.15) is 12.4 Å². The summed E-state index contributed by atoms with van der Waals surface area (Å²) in [5.41, 5.74) is 0.386. The zero-order chi connectivity index (χ0) is 11.6. The van der Waals surface area contributed by atoms with E-state index in [0.29, 0.717) is 12.8 Å². The number of esters is 1. The lowest BCUT2D eigenvalue weighted by Gasteiger charge is -2.33. The molecule has 3 nitrogen and oxygen atoms in total. The van der Waals surface area contributed by atoms with Crippen LogP contribution in [-0.2, 0) is 20.9 Å². The molecule has 0 unspecified atom stereocenters. The SMILES string of the molecule is CC1(C(=O)OCc2ccccc2)CC(=O)C1. The molecular formula is C13H14O3. The Morgan fingerprint density at radius 3 is 2.50 bits per heavy atom. The van der Waals surface area contributed by atoms with Crippen LogP contribution in [0.3, 0.4) is 0 Å². The van der Waals surface area contributed by atoms with Crippen LogP contribution in [0.5, 0.6) is 0 Å². The minimum absolute atomic E-state index is 0.138. The van der Waals surface area contributed by atoms with Crippen molar-refractivity contribution in [1.29, 1.82) is 0 Å². The highest BCUT2D eigenvalue weighted by atomic mass is 16.5.